The van der Waals surface area contributed by atoms with E-state index in [0.717, 1.165) is 23.6 Å². The number of aromatic nitrogens is 1. The summed E-state index contributed by atoms with van der Waals surface area (Å²) in [5.41, 5.74) is 0.868. The third kappa shape index (κ3) is 3.02. The first kappa shape index (κ1) is 13.3. The van der Waals surface area contributed by atoms with Crippen molar-refractivity contribution in [3.8, 4) is 0 Å². The van der Waals surface area contributed by atoms with Gasteiger partial charge in [0.2, 0.25) is 5.91 Å². The molecule has 1 aromatic heterocycles. The van der Waals surface area contributed by atoms with E-state index in [-0.39, 0.29) is 17.3 Å². The Labute approximate surface area is 111 Å². The number of rotatable bonds is 4. The lowest BCUT2D eigenvalue weighted by Gasteiger charge is -2.21. The van der Waals surface area contributed by atoms with Gasteiger partial charge < -0.3 is 4.90 Å². The van der Waals surface area contributed by atoms with Crippen LogP contribution in [0, 0.1) is 12.8 Å². The summed E-state index contributed by atoms with van der Waals surface area (Å²) in [5.74, 6) is 0.685. The molecule has 1 heterocycles. The first-order valence-corrected chi connectivity index (χ1v) is 7.35. The molecular weight excluding hydrogens is 248 g/mol. The lowest BCUT2D eigenvalue weighted by Crippen LogP contribution is -2.35. The molecule has 0 atom stereocenters. The molecular formula is C13H20N2O2S. The van der Waals surface area contributed by atoms with Gasteiger partial charge >= 0.3 is 4.87 Å². The molecule has 5 heteroatoms. The molecule has 0 N–H and O–H groups in total. The van der Waals surface area contributed by atoms with Crippen LogP contribution in [0.2, 0.25) is 0 Å². The van der Waals surface area contributed by atoms with Crippen molar-refractivity contribution in [1.82, 2.24) is 9.47 Å². The molecule has 0 spiro atoms. The molecule has 4 nitrogen and oxygen atoms in total. The van der Waals surface area contributed by atoms with Crippen LogP contribution in [-0.2, 0) is 11.3 Å². The highest BCUT2D eigenvalue weighted by Crippen LogP contribution is 2.25. The summed E-state index contributed by atoms with van der Waals surface area (Å²) < 4.78 is 1.55. The number of amides is 1. The number of hydrogen-bond acceptors (Lipinski definition) is 3. The number of thiazole rings is 1. The normalized spacial score (nSPS) is 16.1. The fraction of sp³-hybridized carbons (Fsp3) is 0.692. The monoisotopic (exact) mass is 268 g/mol. The Hall–Kier alpha value is -1.10. The zero-order valence-corrected chi connectivity index (χ0v) is 11.8. The third-order valence-electron chi connectivity index (χ3n) is 3.70. The second-order valence-corrected chi connectivity index (χ2v) is 5.97. The number of likely N-dealkylation sites (N-methyl/N-ethyl adjacent to an activating group) is 1. The average molecular weight is 268 g/mol. The third-order valence-corrected chi connectivity index (χ3v) is 4.58. The summed E-state index contributed by atoms with van der Waals surface area (Å²) in [5, 5.41) is 1.80. The second-order valence-electron chi connectivity index (χ2n) is 5.15. The molecule has 1 aliphatic rings. The van der Waals surface area contributed by atoms with Gasteiger partial charge in [-0.3, -0.25) is 14.2 Å². The molecule has 1 fully saturated rings. The van der Waals surface area contributed by atoms with Gasteiger partial charge in [0.1, 0.15) is 6.54 Å². The highest BCUT2D eigenvalue weighted by Gasteiger charge is 2.20. The Morgan fingerprint density at radius 3 is 2.72 bits per heavy atom. The highest BCUT2D eigenvalue weighted by molar-refractivity contribution is 7.07. The maximum Gasteiger partial charge on any atom is 0.307 e. The van der Waals surface area contributed by atoms with Gasteiger partial charge in [0.25, 0.3) is 0 Å². The predicted octanol–water partition coefficient (Wildman–Crippen LogP) is 1.87. The molecule has 1 saturated carbocycles. The molecule has 0 aromatic carbocycles. The van der Waals surface area contributed by atoms with E-state index in [9.17, 15) is 9.59 Å². The van der Waals surface area contributed by atoms with E-state index < -0.39 is 0 Å². The lowest BCUT2D eigenvalue weighted by atomic mass is 10.1. The van der Waals surface area contributed by atoms with Crippen molar-refractivity contribution in [2.75, 3.05) is 13.6 Å². The van der Waals surface area contributed by atoms with Gasteiger partial charge in [-0.2, -0.15) is 0 Å². The topological polar surface area (TPSA) is 42.3 Å². The standard InChI is InChI=1S/C13H20N2O2S/c1-10-9-18-13(17)15(10)8-12(16)14(2)7-11-5-3-4-6-11/h9,11H,3-8H2,1-2H3. The van der Waals surface area contributed by atoms with Gasteiger partial charge in [0, 0.05) is 24.7 Å². The van der Waals surface area contributed by atoms with Crippen LogP contribution in [0.15, 0.2) is 10.2 Å². The first-order chi connectivity index (χ1) is 8.58. The predicted molar refractivity (Wildman–Crippen MR) is 72.9 cm³/mol. The number of hydrogen-bond donors (Lipinski definition) is 0. The van der Waals surface area contributed by atoms with Crippen LogP contribution in [0.3, 0.4) is 0 Å². The number of nitrogens with zero attached hydrogens (tertiary/aromatic N) is 2. The maximum absolute atomic E-state index is 12.1. The second kappa shape index (κ2) is 5.69. The lowest BCUT2D eigenvalue weighted by molar-refractivity contribution is -0.131. The maximum atomic E-state index is 12.1. The van der Waals surface area contributed by atoms with Crippen LogP contribution in [0.25, 0.3) is 0 Å². The van der Waals surface area contributed by atoms with E-state index in [4.69, 9.17) is 0 Å². The minimum atomic E-state index is -0.0462. The Bertz CT molecular complexity index is 472. The Kier molecular flexibility index (Phi) is 4.22. The van der Waals surface area contributed by atoms with Gasteiger partial charge in [0.15, 0.2) is 0 Å². The molecule has 0 radical (unpaired) electrons. The molecule has 0 bridgehead atoms. The van der Waals surface area contributed by atoms with E-state index in [2.05, 4.69) is 0 Å². The molecule has 100 valence electrons. The van der Waals surface area contributed by atoms with Crippen molar-refractivity contribution in [3.63, 3.8) is 0 Å². The van der Waals surface area contributed by atoms with Gasteiger partial charge in [-0.05, 0) is 25.7 Å². The summed E-state index contributed by atoms with van der Waals surface area (Å²) in [7, 11) is 1.84. The summed E-state index contributed by atoms with van der Waals surface area (Å²) in [4.78, 5) is 25.4. The highest BCUT2D eigenvalue weighted by atomic mass is 32.1. The van der Waals surface area contributed by atoms with Crippen molar-refractivity contribution >= 4 is 17.2 Å². The smallest absolute Gasteiger partial charge is 0.307 e. The van der Waals surface area contributed by atoms with E-state index in [1.807, 2.05) is 14.0 Å². The Morgan fingerprint density at radius 1 is 1.50 bits per heavy atom. The van der Waals surface area contributed by atoms with Crippen molar-refractivity contribution in [1.29, 1.82) is 0 Å². The Morgan fingerprint density at radius 2 is 2.17 bits per heavy atom. The minimum absolute atomic E-state index is 0.0329. The van der Waals surface area contributed by atoms with E-state index >= 15 is 0 Å². The fourth-order valence-electron chi connectivity index (χ4n) is 2.53. The molecule has 1 amide bonds. The SMILES string of the molecule is Cc1csc(=O)n1CC(=O)N(C)CC1CCCC1. The van der Waals surface area contributed by atoms with Gasteiger partial charge in [0.05, 0.1) is 0 Å². The van der Waals surface area contributed by atoms with Crippen LogP contribution in [0.4, 0.5) is 0 Å². The zero-order chi connectivity index (χ0) is 13.1. The average Bonchev–Trinajstić information content (AvgIpc) is 2.94. The summed E-state index contributed by atoms with van der Waals surface area (Å²) in [6, 6.07) is 0. The summed E-state index contributed by atoms with van der Waals surface area (Å²) >= 11 is 1.15. The molecule has 1 aromatic rings. The first-order valence-electron chi connectivity index (χ1n) is 6.47. The molecule has 0 saturated heterocycles. The molecule has 1 aliphatic carbocycles. The van der Waals surface area contributed by atoms with Crippen molar-refractivity contribution in [2.45, 2.75) is 39.2 Å². The number of carbonyl (C=O) groups is 1. The zero-order valence-electron chi connectivity index (χ0n) is 11.0. The number of carbonyl (C=O) groups excluding carboxylic acids is 1. The van der Waals surface area contributed by atoms with E-state index in [0.29, 0.717) is 5.92 Å². The van der Waals surface area contributed by atoms with Crippen LogP contribution >= 0.6 is 11.3 Å². The van der Waals surface area contributed by atoms with Crippen molar-refractivity contribution in [3.05, 3.63) is 20.7 Å². The van der Waals surface area contributed by atoms with Crippen LogP contribution in [0.5, 0.6) is 0 Å². The van der Waals surface area contributed by atoms with Crippen LogP contribution in [-0.4, -0.2) is 29.0 Å². The largest absolute Gasteiger partial charge is 0.344 e. The minimum Gasteiger partial charge on any atom is -0.344 e. The fourth-order valence-corrected chi connectivity index (χ4v) is 3.27. The van der Waals surface area contributed by atoms with Crippen LogP contribution < -0.4 is 4.87 Å². The van der Waals surface area contributed by atoms with Gasteiger partial charge in [-0.15, -0.1) is 0 Å². The molecule has 0 unspecified atom stereocenters. The van der Waals surface area contributed by atoms with Gasteiger partial charge in [-0.1, -0.05) is 24.2 Å². The quantitative estimate of drug-likeness (QED) is 0.836. The summed E-state index contributed by atoms with van der Waals surface area (Å²) in [6.07, 6.45) is 5.04. The van der Waals surface area contributed by atoms with Crippen molar-refractivity contribution in [2.24, 2.45) is 5.92 Å². The number of aryl methyl sites for hydroxylation is 1. The van der Waals surface area contributed by atoms with Gasteiger partial charge in [-0.25, -0.2) is 0 Å². The molecule has 2 rings (SSSR count). The van der Waals surface area contributed by atoms with Crippen LogP contribution in [0.1, 0.15) is 31.4 Å². The molecule has 0 aliphatic heterocycles. The van der Waals surface area contributed by atoms with E-state index in [1.54, 1.807) is 14.8 Å². The Balaban J connectivity index is 1.93. The molecule has 18 heavy (non-hydrogen) atoms. The van der Waals surface area contributed by atoms with E-state index in [1.165, 1.54) is 25.7 Å². The summed E-state index contributed by atoms with van der Waals surface area (Å²) in [6.45, 7) is 2.87. The van der Waals surface area contributed by atoms with Crippen molar-refractivity contribution < 1.29 is 4.79 Å².